The molecule has 1 saturated heterocycles. The van der Waals surface area contributed by atoms with Gasteiger partial charge in [-0.25, -0.2) is 4.79 Å². The largest absolute Gasteiger partial charge is 0.504 e. The molecule has 1 aliphatic heterocycles. The molecule has 2 N–H and O–H groups in total. The quantitative estimate of drug-likeness (QED) is 0.528. The number of benzene rings is 2. The normalized spacial score (nSPS) is 14.1. The predicted octanol–water partition coefficient (Wildman–Crippen LogP) is 2.94. The number of hydrogen-bond acceptors (Lipinski definition) is 6. The Morgan fingerprint density at radius 1 is 1.11 bits per heavy atom. The van der Waals surface area contributed by atoms with Crippen molar-refractivity contribution in [2.45, 2.75) is 46.1 Å². The van der Waals surface area contributed by atoms with E-state index in [1.807, 2.05) is 13.0 Å². The zero-order valence-corrected chi connectivity index (χ0v) is 21.5. The van der Waals surface area contributed by atoms with Crippen LogP contribution in [0.15, 0.2) is 39.9 Å². The van der Waals surface area contributed by atoms with E-state index in [0.29, 0.717) is 43.4 Å². The first-order valence-corrected chi connectivity index (χ1v) is 12.5. The first-order valence-electron chi connectivity index (χ1n) is 12.5. The molecule has 0 bridgehead atoms. The lowest BCUT2D eigenvalue weighted by molar-refractivity contribution is -0.115. The molecule has 0 spiro atoms. The SMILES string of the molecule is CCOc1cc(C(=O)N2CCC(n3c(=O)c4cc(C)ccc4n(C)c3=O)CC2)c(NC(=O)CC)cc1O. The number of carbonyl (C=O) groups excluding carboxylic acids is 2. The van der Waals surface area contributed by atoms with Crippen molar-refractivity contribution in [2.75, 3.05) is 25.0 Å². The first-order chi connectivity index (χ1) is 17.7. The molecule has 2 aromatic carbocycles. The highest BCUT2D eigenvalue weighted by Crippen LogP contribution is 2.34. The molecule has 196 valence electrons. The van der Waals surface area contributed by atoms with Gasteiger partial charge in [0.1, 0.15) is 0 Å². The standard InChI is InChI=1S/C27H32N4O6/c1-5-24(33)28-20-15-22(32)23(37-6-2)14-18(20)25(34)30-11-9-17(10-12-30)31-26(35)19-13-16(3)7-8-21(19)29(4)27(31)36/h7-8,13-15,17,32H,5-6,9-12H2,1-4H3,(H,28,33). The van der Waals surface area contributed by atoms with Gasteiger partial charge < -0.3 is 20.1 Å². The number of nitrogens with zero attached hydrogens (tertiary/aromatic N) is 3. The summed E-state index contributed by atoms with van der Waals surface area (Å²) in [7, 11) is 1.65. The fourth-order valence-electron chi connectivity index (χ4n) is 4.77. The summed E-state index contributed by atoms with van der Waals surface area (Å²) in [4.78, 5) is 53.6. The van der Waals surface area contributed by atoms with Gasteiger partial charge in [0.2, 0.25) is 5.91 Å². The highest BCUT2D eigenvalue weighted by Gasteiger charge is 2.29. The summed E-state index contributed by atoms with van der Waals surface area (Å²) in [5.41, 5.74) is 1.22. The number of anilines is 1. The summed E-state index contributed by atoms with van der Waals surface area (Å²) < 4.78 is 8.25. The summed E-state index contributed by atoms with van der Waals surface area (Å²) in [6, 6.07) is 7.84. The number of nitrogens with one attached hydrogen (secondary N) is 1. The van der Waals surface area contributed by atoms with Crippen molar-refractivity contribution in [2.24, 2.45) is 7.05 Å². The van der Waals surface area contributed by atoms with Gasteiger partial charge in [0.25, 0.3) is 11.5 Å². The van der Waals surface area contributed by atoms with Gasteiger partial charge in [0, 0.05) is 38.7 Å². The number of likely N-dealkylation sites (tertiary alicyclic amines) is 1. The van der Waals surface area contributed by atoms with Crippen LogP contribution in [0.2, 0.25) is 0 Å². The van der Waals surface area contributed by atoms with Gasteiger partial charge in [-0.1, -0.05) is 18.6 Å². The number of phenols is 1. The van der Waals surface area contributed by atoms with Crippen LogP contribution in [0.25, 0.3) is 10.9 Å². The van der Waals surface area contributed by atoms with Crippen molar-refractivity contribution in [1.29, 1.82) is 0 Å². The summed E-state index contributed by atoms with van der Waals surface area (Å²) >= 11 is 0. The van der Waals surface area contributed by atoms with Gasteiger partial charge in [-0.3, -0.25) is 23.5 Å². The average molecular weight is 509 g/mol. The minimum Gasteiger partial charge on any atom is -0.504 e. The van der Waals surface area contributed by atoms with Crippen molar-refractivity contribution < 1.29 is 19.4 Å². The average Bonchev–Trinajstić information content (AvgIpc) is 2.89. The van der Waals surface area contributed by atoms with Crippen LogP contribution in [-0.4, -0.2) is 50.7 Å². The molecule has 37 heavy (non-hydrogen) atoms. The molecule has 0 unspecified atom stereocenters. The minimum absolute atomic E-state index is 0.150. The number of piperidine rings is 1. The Hall–Kier alpha value is -4.08. The van der Waals surface area contributed by atoms with Gasteiger partial charge in [-0.15, -0.1) is 0 Å². The Bertz CT molecular complexity index is 1480. The number of aryl methyl sites for hydroxylation is 2. The number of hydrogen-bond donors (Lipinski definition) is 2. The van der Waals surface area contributed by atoms with Crippen LogP contribution < -0.4 is 21.3 Å². The van der Waals surface area contributed by atoms with E-state index < -0.39 is 0 Å². The molecular weight excluding hydrogens is 476 g/mol. The molecule has 0 radical (unpaired) electrons. The van der Waals surface area contributed by atoms with Gasteiger partial charge in [-0.05, 0) is 44.9 Å². The second-order valence-corrected chi connectivity index (χ2v) is 9.26. The Labute approximate surface area is 214 Å². The maximum atomic E-state index is 13.5. The highest BCUT2D eigenvalue weighted by molar-refractivity contribution is 6.04. The second-order valence-electron chi connectivity index (χ2n) is 9.26. The number of ether oxygens (including phenoxy) is 1. The van der Waals surface area contributed by atoms with Crippen molar-refractivity contribution in [1.82, 2.24) is 14.0 Å². The summed E-state index contributed by atoms with van der Waals surface area (Å²) in [6.45, 7) is 6.28. The monoisotopic (exact) mass is 508 g/mol. The van der Waals surface area contributed by atoms with Crippen LogP contribution in [-0.2, 0) is 11.8 Å². The van der Waals surface area contributed by atoms with E-state index in [4.69, 9.17) is 4.74 Å². The number of amides is 2. The summed E-state index contributed by atoms with van der Waals surface area (Å²) in [5.74, 6) is -0.653. The van der Waals surface area contributed by atoms with E-state index in [-0.39, 0.29) is 58.3 Å². The van der Waals surface area contributed by atoms with Gasteiger partial charge in [0.15, 0.2) is 11.5 Å². The number of rotatable bonds is 6. The molecule has 4 rings (SSSR count). The Kier molecular flexibility index (Phi) is 7.37. The second kappa shape index (κ2) is 10.5. The fraction of sp³-hybridized carbons (Fsp3) is 0.407. The molecular formula is C27H32N4O6. The van der Waals surface area contributed by atoms with Gasteiger partial charge >= 0.3 is 5.69 Å². The molecule has 2 heterocycles. The lowest BCUT2D eigenvalue weighted by Gasteiger charge is -2.33. The molecule has 1 fully saturated rings. The zero-order chi connectivity index (χ0) is 26.9. The molecule has 0 aliphatic carbocycles. The maximum Gasteiger partial charge on any atom is 0.331 e. The minimum atomic E-state index is -0.379. The van der Waals surface area contributed by atoms with Crippen LogP contribution in [0.5, 0.6) is 11.5 Å². The van der Waals surface area contributed by atoms with E-state index in [9.17, 15) is 24.3 Å². The maximum absolute atomic E-state index is 13.5. The van der Waals surface area contributed by atoms with Gasteiger partial charge in [0.05, 0.1) is 28.8 Å². The van der Waals surface area contributed by atoms with Crippen molar-refractivity contribution in [3.63, 3.8) is 0 Å². The fourth-order valence-corrected chi connectivity index (χ4v) is 4.77. The van der Waals surface area contributed by atoms with E-state index in [1.54, 1.807) is 37.9 Å². The van der Waals surface area contributed by atoms with Crippen LogP contribution in [0.3, 0.4) is 0 Å². The van der Waals surface area contributed by atoms with Crippen molar-refractivity contribution in [3.05, 3.63) is 62.3 Å². The van der Waals surface area contributed by atoms with Gasteiger partial charge in [-0.2, -0.15) is 0 Å². The molecule has 1 aromatic heterocycles. The molecule has 0 saturated carbocycles. The molecule has 0 atom stereocenters. The Balaban J connectivity index is 1.62. The third-order valence-corrected chi connectivity index (χ3v) is 6.80. The Morgan fingerprint density at radius 3 is 2.46 bits per heavy atom. The molecule has 3 aromatic rings. The topological polar surface area (TPSA) is 123 Å². The lowest BCUT2D eigenvalue weighted by atomic mass is 10.0. The number of fused-ring (bicyclic) bond motifs is 1. The first kappa shape index (κ1) is 26.0. The zero-order valence-electron chi connectivity index (χ0n) is 21.5. The predicted molar refractivity (Wildman–Crippen MR) is 141 cm³/mol. The smallest absolute Gasteiger partial charge is 0.331 e. The highest BCUT2D eigenvalue weighted by atomic mass is 16.5. The van der Waals surface area contributed by atoms with Crippen LogP contribution in [0, 0.1) is 6.92 Å². The number of carbonyl (C=O) groups is 2. The van der Waals surface area contributed by atoms with Crippen LogP contribution in [0.1, 0.15) is 55.1 Å². The van der Waals surface area contributed by atoms with Crippen LogP contribution in [0.4, 0.5) is 5.69 Å². The Morgan fingerprint density at radius 2 is 1.81 bits per heavy atom. The molecule has 1 aliphatic rings. The molecule has 10 nitrogen and oxygen atoms in total. The molecule has 10 heteroatoms. The molecule has 2 amide bonds. The lowest BCUT2D eigenvalue weighted by Crippen LogP contribution is -2.46. The summed E-state index contributed by atoms with van der Waals surface area (Å²) in [6.07, 6.45) is 1.05. The van der Waals surface area contributed by atoms with Crippen molar-refractivity contribution >= 4 is 28.4 Å². The number of aromatic hydroxyl groups is 1. The van der Waals surface area contributed by atoms with Crippen molar-refractivity contribution in [3.8, 4) is 11.5 Å². The van der Waals surface area contributed by atoms with E-state index >= 15 is 0 Å². The summed E-state index contributed by atoms with van der Waals surface area (Å²) in [5, 5.41) is 13.5. The number of aromatic nitrogens is 2. The third-order valence-electron chi connectivity index (χ3n) is 6.80. The van der Waals surface area contributed by atoms with E-state index in [2.05, 4.69) is 5.32 Å². The third kappa shape index (κ3) is 4.96. The number of phenolic OH excluding ortho intramolecular Hbond substituents is 1. The van der Waals surface area contributed by atoms with E-state index in [0.717, 1.165) is 5.56 Å². The van der Waals surface area contributed by atoms with E-state index in [1.165, 1.54) is 21.3 Å². The van der Waals surface area contributed by atoms with Crippen LogP contribution >= 0.6 is 0 Å².